The number of pyridine rings is 1. The standard InChI is InChI=1S/C21H18N2O5/c1-23-14-9-19-18(27-10-28-19)7-12(14)20-15(23)8-13(22-21(20)24)11-4-5-16(25-2)17(6-11)26-3/h4-9H,10H2,1-3H3,(H,22,24). The van der Waals surface area contributed by atoms with Crippen LogP contribution in [0.15, 0.2) is 41.2 Å². The van der Waals surface area contributed by atoms with Gasteiger partial charge in [0.1, 0.15) is 0 Å². The van der Waals surface area contributed by atoms with Gasteiger partial charge < -0.3 is 28.5 Å². The molecule has 0 unspecified atom stereocenters. The van der Waals surface area contributed by atoms with E-state index in [0.717, 1.165) is 22.0 Å². The van der Waals surface area contributed by atoms with Gasteiger partial charge in [-0.3, -0.25) is 4.79 Å². The molecule has 0 spiro atoms. The fourth-order valence-electron chi connectivity index (χ4n) is 3.77. The van der Waals surface area contributed by atoms with Gasteiger partial charge in [-0.25, -0.2) is 0 Å². The summed E-state index contributed by atoms with van der Waals surface area (Å²) in [4.78, 5) is 16.0. The van der Waals surface area contributed by atoms with Crippen LogP contribution < -0.4 is 24.5 Å². The number of ether oxygens (including phenoxy) is 4. The SMILES string of the molecule is COc1ccc(-c2cc3c(c(=O)[nH]2)c2cc4c(cc2n3C)OCO4)cc1OC. The van der Waals surface area contributed by atoms with Crippen molar-refractivity contribution in [1.82, 2.24) is 9.55 Å². The van der Waals surface area contributed by atoms with E-state index in [2.05, 4.69) is 4.98 Å². The fraction of sp³-hybridized carbons (Fsp3) is 0.190. The van der Waals surface area contributed by atoms with E-state index >= 15 is 0 Å². The van der Waals surface area contributed by atoms with Crippen molar-refractivity contribution in [3.05, 3.63) is 46.8 Å². The van der Waals surface area contributed by atoms with Crippen molar-refractivity contribution >= 4 is 21.8 Å². The molecular formula is C21H18N2O5. The molecule has 1 N–H and O–H groups in total. The van der Waals surface area contributed by atoms with Crippen molar-refractivity contribution in [1.29, 1.82) is 0 Å². The first-order valence-electron chi connectivity index (χ1n) is 8.78. The monoisotopic (exact) mass is 378 g/mol. The lowest BCUT2D eigenvalue weighted by Crippen LogP contribution is -2.07. The van der Waals surface area contributed by atoms with Gasteiger partial charge in [0.2, 0.25) is 6.79 Å². The molecule has 142 valence electrons. The molecule has 2 aromatic carbocycles. The Labute approximate surface area is 160 Å². The van der Waals surface area contributed by atoms with Crippen LogP contribution in [0, 0.1) is 0 Å². The van der Waals surface area contributed by atoms with Crippen LogP contribution in [0.4, 0.5) is 0 Å². The first-order chi connectivity index (χ1) is 13.6. The summed E-state index contributed by atoms with van der Waals surface area (Å²) >= 11 is 0. The molecule has 0 atom stereocenters. The molecule has 28 heavy (non-hydrogen) atoms. The van der Waals surface area contributed by atoms with Gasteiger partial charge in [0.05, 0.1) is 36.3 Å². The second kappa shape index (κ2) is 5.95. The Morgan fingerprint density at radius 2 is 1.71 bits per heavy atom. The van der Waals surface area contributed by atoms with Gasteiger partial charge in [-0.05, 0) is 30.3 Å². The van der Waals surface area contributed by atoms with E-state index in [1.165, 1.54) is 0 Å². The summed E-state index contributed by atoms with van der Waals surface area (Å²) in [5, 5.41) is 1.46. The quantitative estimate of drug-likeness (QED) is 0.591. The Morgan fingerprint density at radius 1 is 0.964 bits per heavy atom. The van der Waals surface area contributed by atoms with E-state index in [4.69, 9.17) is 18.9 Å². The largest absolute Gasteiger partial charge is 0.493 e. The molecule has 7 heteroatoms. The van der Waals surface area contributed by atoms with Crippen molar-refractivity contribution in [2.75, 3.05) is 21.0 Å². The minimum atomic E-state index is -0.160. The number of methoxy groups -OCH3 is 2. The minimum absolute atomic E-state index is 0.160. The maximum Gasteiger partial charge on any atom is 0.258 e. The highest BCUT2D eigenvalue weighted by molar-refractivity contribution is 6.09. The Hall–Kier alpha value is -3.61. The number of fused-ring (bicyclic) bond motifs is 4. The van der Waals surface area contributed by atoms with Crippen LogP contribution >= 0.6 is 0 Å². The lowest BCUT2D eigenvalue weighted by atomic mass is 10.1. The molecule has 5 rings (SSSR count). The summed E-state index contributed by atoms with van der Waals surface area (Å²) in [6, 6.07) is 11.3. The van der Waals surface area contributed by atoms with Crippen LogP contribution in [0.1, 0.15) is 0 Å². The first kappa shape index (κ1) is 16.6. The number of aryl methyl sites for hydroxylation is 1. The summed E-state index contributed by atoms with van der Waals surface area (Å²) in [5.74, 6) is 2.58. The van der Waals surface area contributed by atoms with Gasteiger partial charge in [0, 0.05) is 24.1 Å². The molecule has 4 aromatic rings. The molecule has 2 aromatic heterocycles. The molecule has 3 heterocycles. The van der Waals surface area contributed by atoms with Crippen LogP contribution in [0.5, 0.6) is 23.0 Å². The summed E-state index contributed by atoms with van der Waals surface area (Å²) in [7, 11) is 5.11. The van der Waals surface area contributed by atoms with Gasteiger partial charge >= 0.3 is 0 Å². The highest BCUT2D eigenvalue weighted by atomic mass is 16.7. The van der Waals surface area contributed by atoms with E-state index in [1.807, 2.05) is 48.0 Å². The summed E-state index contributed by atoms with van der Waals surface area (Å²) < 4.78 is 23.6. The van der Waals surface area contributed by atoms with Gasteiger partial charge in [0.25, 0.3) is 5.56 Å². The summed E-state index contributed by atoms with van der Waals surface area (Å²) in [5.41, 5.74) is 3.11. The zero-order valence-electron chi connectivity index (χ0n) is 15.7. The highest BCUT2D eigenvalue weighted by Gasteiger charge is 2.20. The number of hydrogen-bond acceptors (Lipinski definition) is 5. The number of aromatic amines is 1. The maximum atomic E-state index is 13.0. The number of benzene rings is 2. The van der Waals surface area contributed by atoms with Crippen molar-refractivity contribution < 1.29 is 18.9 Å². The zero-order chi connectivity index (χ0) is 19.4. The molecule has 0 aliphatic carbocycles. The third-order valence-electron chi connectivity index (χ3n) is 5.19. The van der Waals surface area contributed by atoms with E-state index in [1.54, 1.807) is 14.2 Å². The molecule has 0 bridgehead atoms. The van der Waals surface area contributed by atoms with Crippen LogP contribution in [-0.2, 0) is 7.05 Å². The lowest BCUT2D eigenvalue weighted by Gasteiger charge is -2.10. The third-order valence-corrected chi connectivity index (χ3v) is 5.19. The number of nitrogens with zero attached hydrogens (tertiary/aromatic N) is 1. The molecule has 0 radical (unpaired) electrons. The predicted molar refractivity (Wildman–Crippen MR) is 106 cm³/mol. The number of rotatable bonds is 3. The average Bonchev–Trinajstić information content (AvgIpc) is 3.28. The molecule has 0 fully saturated rings. The Bertz CT molecular complexity index is 1300. The maximum absolute atomic E-state index is 13.0. The van der Waals surface area contributed by atoms with Gasteiger partial charge in [-0.1, -0.05) is 0 Å². The summed E-state index contributed by atoms with van der Waals surface area (Å²) in [6.45, 7) is 0.198. The topological polar surface area (TPSA) is 74.7 Å². The molecule has 0 saturated heterocycles. The fourth-order valence-corrected chi connectivity index (χ4v) is 3.77. The molecule has 1 aliphatic heterocycles. The second-order valence-electron chi connectivity index (χ2n) is 6.62. The third kappa shape index (κ3) is 2.26. The first-order valence-corrected chi connectivity index (χ1v) is 8.78. The van der Waals surface area contributed by atoms with Crippen LogP contribution in [0.2, 0.25) is 0 Å². The Morgan fingerprint density at radius 3 is 2.46 bits per heavy atom. The van der Waals surface area contributed by atoms with Crippen molar-refractivity contribution in [2.45, 2.75) is 0 Å². The molecule has 0 amide bonds. The van der Waals surface area contributed by atoms with Crippen LogP contribution in [0.25, 0.3) is 33.1 Å². The van der Waals surface area contributed by atoms with E-state index in [0.29, 0.717) is 34.1 Å². The smallest absolute Gasteiger partial charge is 0.258 e. The predicted octanol–water partition coefficient (Wildman–Crippen LogP) is 3.43. The van der Waals surface area contributed by atoms with E-state index in [9.17, 15) is 4.79 Å². The Kier molecular flexibility index (Phi) is 3.52. The molecule has 7 nitrogen and oxygen atoms in total. The molecule has 1 aliphatic rings. The van der Waals surface area contributed by atoms with E-state index < -0.39 is 0 Å². The van der Waals surface area contributed by atoms with Gasteiger partial charge in [0.15, 0.2) is 23.0 Å². The van der Waals surface area contributed by atoms with E-state index in [-0.39, 0.29) is 12.4 Å². The minimum Gasteiger partial charge on any atom is -0.493 e. The van der Waals surface area contributed by atoms with Crippen LogP contribution in [0.3, 0.4) is 0 Å². The number of aromatic nitrogens is 2. The Balaban J connectivity index is 1.76. The number of nitrogens with one attached hydrogen (secondary N) is 1. The van der Waals surface area contributed by atoms with Crippen molar-refractivity contribution in [2.24, 2.45) is 7.05 Å². The van der Waals surface area contributed by atoms with Gasteiger partial charge in [-0.15, -0.1) is 0 Å². The molecule has 0 saturated carbocycles. The molecular weight excluding hydrogens is 360 g/mol. The summed E-state index contributed by atoms with van der Waals surface area (Å²) in [6.07, 6.45) is 0. The van der Waals surface area contributed by atoms with Gasteiger partial charge in [-0.2, -0.15) is 0 Å². The lowest BCUT2D eigenvalue weighted by molar-refractivity contribution is 0.174. The average molecular weight is 378 g/mol. The zero-order valence-corrected chi connectivity index (χ0v) is 15.7. The van der Waals surface area contributed by atoms with Crippen LogP contribution in [-0.4, -0.2) is 30.6 Å². The highest BCUT2D eigenvalue weighted by Crippen LogP contribution is 2.39. The number of H-pyrrole nitrogens is 1. The normalized spacial score (nSPS) is 12.7. The second-order valence-corrected chi connectivity index (χ2v) is 6.62. The van der Waals surface area contributed by atoms with Crippen molar-refractivity contribution in [3.63, 3.8) is 0 Å². The van der Waals surface area contributed by atoms with Crippen molar-refractivity contribution in [3.8, 4) is 34.3 Å². The number of hydrogen-bond donors (Lipinski definition) is 1.